The number of likely N-dealkylation sites (N-methyl/N-ethyl adjacent to an activating group) is 1. The van der Waals surface area contributed by atoms with Gasteiger partial charge in [-0.2, -0.15) is 13.2 Å². The first-order valence-electron chi connectivity index (χ1n) is 9.69. The molecule has 0 fully saturated rings. The molecule has 0 aliphatic rings. The van der Waals surface area contributed by atoms with Crippen LogP contribution in [0.2, 0.25) is 0 Å². The van der Waals surface area contributed by atoms with Crippen LogP contribution in [0.4, 0.5) is 13.2 Å². The Hall–Kier alpha value is -2.50. The molecule has 0 saturated heterocycles. The first kappa shape index (κ1) is 27.5. The van der Waals surface area contributed by atoms with Crippen LogP contribution >= 0.6 is 24.0 Å². The summed E-state index contributed by atoms with van der Waals surface area (Å²) in [6.07, 6.45) is -4.43. The van der Waals surface area contributed by atoms with E-state index in [0.717, 1.165) is 11.1 Å². The Morgan fingerprint density at radius 1 is 1.09 bits per heavy atom. The second-order valence-corrected chi connectivity index (χ2v) is 7.16. The van der Waals surface area contributed by atoms with E-state index in [-0.39, 0.29) is 48.7 Å². The van der Waals surface area contributed by atoms with Crippen molar-refractivity contribution in [3.05, 3.63) is 65.2 Å². The summed E-state index contributed by atoms with van der Waals surface area (Å²) in [4.78, 5) is 17.8. The second kappa shape index (κ2) is 13.1. The lowest BCUT2D eigenvalue weighted by molar-refractivity contribution is -0.153. The molecule has 0 radical (unpaired) electrons. The molecule has 0 unspecified atom stereocenters. The summed E-state index contributed by atoms with van der Waals surface area (Å²) < 4.78 is 42.7. The Labute approximate surface area is 203 Å². The van der Waals surface area contributed by atoms with Crippen LogP contribution in [0.15, 0.2) is 53.5 Å². The van der Waals surface area contributed by atoms with Gasteiger partial charge >= 0.3 is 6.18 Å². The molecule has 0 aromatic heterocycles. The molecule has 32 heavy (non-hydrogen) atoms. The van der Waals surface area contributed by atoms with Gasteiger partial charge in [0.1, 0.15) is 5.75 Å². The number of guanidine groups is 1. The van der Waals surface area contributed by atoms with Gasteiger partial charge in [0.25, 0.3) is 0 Å². The van der Waals surface area contributed by atoms with E-state index in [1.165, 1.54) is 4.90 Å². The molecular weight excluding hydrogens is 536 g/mol. The Morgan fingerprint density at radius 3 is 2.41 bits per heavy atom. The fourth-order valence-electron chi connectivity index (χ4n) is 2.53. The third-order valence-electron chi connectivity index (χ3n) is 4.23. The highest BCUT2D eigenvalue weighted by Crippen LogP contribution is 2.23. The average molecular weight is 564 g/mol. The molecule has 0 spiro atoms. The third kappa shape index (κ3) is 10.2. The maximum absolute atomic E-state index is 12.6. The number of carbonyl (C=O) groups excluding carboxylic acids is 1. The lowest BCUT2D eigenvalue weighted by Crippen LogP contribution is -2.42. The standard InChI is InChI=1S/C22H27F3N4O2.HI/c1-16-9-10-18(19(11-16)31-15-22(23,24)25)13-27-21(28-14-20(30)29(2)3)26-12-17-7-5-4-6-8-17;/h4-11H,12-15H2,1-3H3,(H2,26,27,28);1H. The number of benzene rings is 2. The van der Waals surface area contributed by atoms with Gasteiger partial charge in [0.2, 0.25) is 5.91 Å². The van der Waals surface area contributed by atoms with E-state index in [2.05, 4.69) is 15.6 Å². The molecule has 2 aromatic carbocycles. The normalized spacial score (nSPS) is 11.4. The molecular formula is C22H28F3IN4O2. The molecule has 0 aliphatic heterocycles. The number of carbonyl (C=O) groups is 1. The number of amides is 1. The maximum atomic E-state index is 12.6. The van der Waals surface area contributed by atoms with E-state index in [9.17, 15) is 18.0 Å². The van der Waals surface area contributed by atoms with E-state index in [1.54, 1.807) is 39.2 Å². The van der Waals surface area contributed by atoms with Gasteiger partial charge in [0.15, 0.2) is 12.6 Å². The van der Waals surface area contributed by atoms with Crippen molar-refractivity contribution >= 4 is 35.8 Å². The van der Waals surface area contributed by atoms with Crippen LogP contribution in [-0.4, -0.2) is 50.2 Å². The highest BCUT2D eigenvalue weighted by molar-refractivity contribution is 14.0. The SMILES string of the molecule is Cc1ccc(CNC(=NCc2ccccc2)NCC(=O)N(C)C)c(OCC(F)(F)F)c1.I. The van der Waals surface area contributed by atoms with Crippen LogP contribution in [-0.2, 0) is 17.9 Å². The fourth-order valence-corrected chi connectivity index (χ4v) is 2.53. The van der Waals surface area contributed by atoms with Gasteiger partial charge in [-0.25, -0.2) is 4.99 Å². The fraction of sp³-hybridized carbons (Fsp3) is 0.364. The van der Waals surface area contributed by atoms with Crippen LogP contribution in [0.5, 0.6) is 5.75 Å². The smallest absolute Gasteiger partial charge is 0.422 e. The van der Waals surface area contributed by atoms with Crippen LogP contribution < -0.4 is 15.4 Å². The maximum Gasteiger partial charge on any atom is 0.422 e. The second-order valence-electron chi connectivity index (χ2n) is 7.16. The number of nitrogens with one attached hydrogen (secondary N) is 2. The van der Waals surface area contributed by atoms with Gasteiger partial charge in [-0.15, -0.1) is 24.0 Å². The van der Waals surface area contributed by atoms with Crippen molar-refractivity contribution in [2.75, 3.05) is 27.2 Å². The zero-order chi connectivity index (χ0) is 22.9. The number of halogens is 4. The van der Waals surface area contributed by atoms with Crippen molar-refractivity contribution < 1.29 is 22.7 Å². The molecule has 0 heterocycles. The quantitative estimate of drug-likeness (QED) is 0.291. The Morgan fingerprint density at radius 2 is 1.78 bits per heavy atom. The number of ether oxygens (including phenoxy) is 1. The molecule has 2 rings (SSSR count). The lowest BCUT2D eigenvalue weighted by atomic mass is 10.1. The van der Waals surface area contributed by atoms with Crippen LogP contribution in [0.1, 0.15) is 16.7 Å². The van der Waals surface area contributed by atoms with Crippen molar-refractivity contribution in [3.63, 3.8) is 0 Å². The minimum atomic E-state index is -4.43. The number of hydrogen-bond acceptors (Lipinski definition) is 3. The van der Waals surface area contributed by atoms with Crippen molar-refractivity contribution in [1.29, 1.82) is 0 Å². The van der Waals surface area contributed by atoms with Gasteiger partial charge in [0, 0.05) is 26.2 Å². The minimum Gasteiger partial charge on any atom is -0.484 e. The summed E-state index contributed by atoms with van der Waals surface area (Å²) in [6.45, 7) is 0.980. The monoisotopic (exact) mass is 564 g/mol. The minimum absolute atomic E-state index is 0. The summed E-state index contributed by atoms with van der Waals surface area (Å²) in [7, 11) is 3.30. The molecule has 176 valence electrons. The molecule has 0 atom stereocenters. The van der Waals surface area contributed by atoms with Crippen molar-refractivity contribution in [3.8, 4) is 5.75 Å². The first-order chi connectivity index (χ1) is 14.6. The Balaban J connectivity index is 0.00000512. The number of aryl methyl sites for hydroxylation is 1. The summed E-state index contributed by atoms with van der Waals surface area (Å²) in [5, 5.41) is 6.02. The molecule has 2 aromatic rings. The van der Waals surface area contributed by atoms with Crippen molar-refractivity contribution in [2.45, 2.75) is 26.2 Å². The molecule has 0 aliphatic carbocycles. The van der Waals surface area contributed by atoms with E-state index in [0.29, 0.717) is 18.1 Å². The van der Waals surface area contributed by atoms with Gasteiger partial charge in [-0.1, -0.05) is 42.5 Å². The molecule has 0 bridgehead atoms. The van der Waals surface area contributed by atoms with Crippen molar-refractivity contribution in [2.24, 2.45) is 4.99 Å². The highest BCUT2D eigenvalue weighted by Gasteiger charge is 2.28. The molecule has 6 nitrogen and oxygen atoms in total. The van der Waals surface area contributed by atoms with Gasteiger partial charge in [0.05, 0.1) is 13.1 Å². The summed E-state index contributed by atoms with van der Waals surface area (Å²) >= 11 is 0. The number of nitrogens with zero attached hydrogens (tertiary/aromatic N) is 2. The summed E-state index contributed by atoms with van der Waals surface area (Å²) in [5.74, 6) is 0.372. The molecule has 0 saturated carbocycles. The van der Waals surface area contributed by atoms with E-state index in [1.807, 2.05) is 30.3 Å². The predicted octanol–water partition coefficient (Wildman–Crippen LogP) is 3.88. The molecule has 10 heteroatoms. The number of hydrogen-bond donors (Lipinski definition) is 2. The Kier molecular flexibility index (Phi) is 11.3. The number of alkyl halides is 3. The third-order valence-corrected chi connectivity index (χ3v) is 4.23. The number of rotatable bonds is 8. The lowest BCUT2D eigenvalue weighted by Gasteiger charge is -2.17. The van der Waals surface area contributed by atoms with E-state index in [4.69, 9.17) is 4.74 Å². The molecule has 1 amide bonds. The predicted molar refractivity (Wildman–Crippen MR) is 129 cm³/mol. The van der Waals surface area contributed by atoms with Gasteiger partial charge in [-0.05, 0) is 24.1 Å². The van der Waals surface area contributed by atoms with E-state index < -0.39 is 12.8 Å². The topological polar surface area (TPSA) is 66.0 Å². The average Bonchev–Trinajstić information content (AvgIpc) is 2.72. The zero-order valence-electron chi connectivity index (χ0n) is 18.2. The largest absolute Gasteiger partial charge is 0.484 e. The van der Waals surface area contributed by atoms with Crippen LogP contribution in [0, 0.1) is 6.92 Å². The van der Waals surface area contributed by atoms with E-state index >= 15 is 0 Å². The Bertz CT molecular complexity index is 890. The van der Waals surface area contributed by atoms with Crippen LogP contribution in [0.3, 0.4) is 0 Å². The van der Waals surface area contributed by atoms with Gasteiger partial charge < -0.3 is 20.3 Å². The number of aliphatic imine (C=N–C) groups is 1. The first-order valence-corrected chi connectivity index (χ1v) is 9.69. The summed E-state index contributed by atoms with van der Waals surface area (Å²) in [5.41, 5.74) is 2.31. The van der Waals surface area contributed by atoms with Crippen LogP contribution in [0.25, 0.3) is 0 Å². The zero-order valence-corrected chi connectivity index (χ0v) is 20.5. The molecule has 2 N–H and O–H groups in total. The van der Waals surface area contributed by atoms with Gasteiger partial charge in [-0.3, -0.25) is 4.79 Å². The van der Waals surface area contributed by atoms with Crippen molar-refractivity contribution in [1.82, 2.24) is 15.5 Å². The highest BCUT2D eigenvalue weighted by atomic mass is 127. The summed E-state index contributed by atoms with van der Waals surface area (Å²) in [6, 6.07) is 14.6.